The molecule has 0 aliphatic carbocycles. The van der Waals surface area contributed by atoms with Crippen molar-refractivity contribution in [1.82, 2.24) is 15.6 Å². The van der Waals surface area contributed by atoms with Crippen LogP contribution in [0.25, 0.3) is 0 Å². The molecule has 1 heterocycles. The number of nitrogens with two attached hydrogens (primary N) is 1. The molecule has 0 aliphatic heterocycles. The number of hydrogen-bond acceptors (Lipinski definition) is 4. The Morgan fingerprint density at radius 2 is 2.06 bits per heavy atom. The lowest BCUT2D eigenvalue weighted by Gasteiger charge is -2.07. The van der Waals surface area contributed by atoms with Crippen LogP contribution in [0.1, 0.15) is 11.1 Å². The van der Waals surface area contributed by atoms with Crippen LogP contribution in [0.4, 0.5) is 0 Å². The topological polar surface area (TPSA) is 97.1 Å². The Kier molecular flexibility index (Phi) is 5.19. The molecular weight excluding hydrogens is 252 g/mol. The van der Waals surface area contributed by atoms with E-state index in [0.29, 0.717) is 0 Å². The van der Waals surface area contributed by atoms with Gasteiger partial charge in [0.25, 0.3) is 0 Å². The molecule has 6 nitrogen and oxygen atoms in total. The first-order valence-electron chi connectivity index (χ1n) is 5.24. The molecule has 0 saturated heterocycles. The molecule has 96 valence electrons. The van der Waals surface area contributed by atoms with Gasteiger partial charge in [0.15, 0.2) is 0 Å². The van der Waals surface area contributed by atoms with Gasteiger partial charge in [0.2, 0.25) is 0 Å². The Morgan fingerprint density at radius 1 is 1.39 bits per heavy atom. The van der Waals surface area contributed by atoms with Crippen LogP contribution in [0.3, 0.4) is 0 Å². The van der Waals surface area contributed by atoms with Gasteiger partial charge in [-0.15, -0.1) is 0 Å². The van der Waals surface area contributed by atoms with Crippen LogP contribution in [0.2, 0.25) is 0 Å². The second kappa shape index (κ2) is 6.65. The Labute approximate surface area is 110 Å². The van der Waals surface area contributed by atoms with Gasteiger partial charge in [0.05, 0.1) is 11.5 Å². The molecule has 0 saturated carbocycles. The molecule has 0 aliphatic rings. The Hall–Kier alpha value is -2.02. The molecule has 0 aromatic carbocycles. The number of pyridine rings is 1. The summed E-state index contributed by atoms with van der Waals surface area (Å²) in [7, 11) is 0. The highest BCUT2D eigenvalue weighted by Crippen LogP contribution is 2.03. The zero-order chi connectivity index (χ0) is 13.5. The molecule has 2 amide bonds. The lowest BCUT2D eigenvalue weighted by molar-refractivity contribution is -0.139. The summed E-state index contributed by atoms with van der Waals surface area (Å²) in [5, 5.41) is 4.80. The number of carbonyl (C=O) groups is 2. The van der Waals surface area contributed by atoms with Gasteiger partial charge in [0, 0.05) is 18.9 Å². The van der Waals surface area contributed by atoms with Crippen molar-refractivity contribution in [2.75, 3.05) is 6.54 Å². The van der Waals surface area contributed by atoms with E-state index in [2.05, 4.69) is 27.8 Å². The monoisotopic (exact) mass is 266 g/mol. The lowest BCUT2D eigenvalue weighted by atomic mass is 10.1. The summed E-state index contributed by atoms with van der Waals surface area (Å²) in [5.74, 6) is -1.48. The van der Waals surface area contributed by atoms with Crippen molar-refractivity contribution in [3.05, 3.63) is 29.6 Å². The number of nitrogens with zero attached hydrogens (tertiary/aromatic N) is 1. The van der Waals surface area contributed by atoms with Gasteiger partial charge >= 0.3 is 11.8 Å². The highest BCUT2D eigenvalue weighted by Gasteiger charge is 2.12. The summed E-state index contributed by atoms with van der Waals surface area (Å²) in [6, 6.07) is 1.78. The van der Waals surface area contributed by atoms with Crippen LogP contribution in [0, 0.1) is 6.92 Å². The molecule has 1 aromatic heterocycles. The number of carbonyl (C=O) groups excluding carboxylic acids is 2. The molecule has 1 rings (SSSR count). The molecule has 7 heteroatoms. The normalized spacial score (nSPS) is 9.61. The van der Waals surface area contributed by atoms with Crippen LogP contribution < -0.4 is 16.4 Å². The highest BCUT2D eigenvalue weighted by atomic mass is 32.1. The number of aromatic nitrogens is 1. The van der Waals surface area contributed by atoms with Crippen molar-refractivity contribution < 1.29 is 9.59 Å². The minimum Gasteiger partial charge on any atom is -0.392 e. The van der Waals surface area contributed by atoms with Crippen molar-refractivity contribution in [3.63, 3.8) is 0 Å². The minimum atomic E-state index is -0.755. The SMILES string of the molecule is Cc1cnccc1CNC(=O)C(=O)NCC(N)=S. The van der Waals surface area contributed by atoms with Gasteiger partial charge in [-0.05, 0) is 24.1 Å². The maximum atomic E-state index is 11.4. The fraction of sp³-hybridized carbons (Fsp3) is 0.273. The van der Waals surface area contributed by atoms with E-state index in [1.807, 2.05) is 6.92 Å². The maximum Gasteiger partial charge on any atom is 0.309 e. The van der Waals surface area contributed by atoms with E-state index in [0.717, 1.165) is 11.1 Å². The Morgan fingerprint density at radius 3 is 2.67 bits per heavy atom. The van der Waals surface area contributed by atoms with Gasteiger partial charge in [0.1, 0.15) is 0 Å². The van der Waals surface area contributed by atoms with Crippen LogP contribution >= 0.6 is 12.2 Å². The van der Waals surface area contributed by atoms with Gasteiger partial charge in [-0.25, -0.2) is 0 Å². The molecule has 4 N–H and O–H groups in total. The zero-order valence-corrected chi connectivity index (χ0v) is 10.7. The number of nitrogens with one attached hydrogen (secondary N) is 2. The number of thiocarbonyl (C=S) groups is 1. The molecule has 0 unspecified atom stereocenters. The fourth-order valence-corrected chi connectivity index (χ4v) is 1.28. The van der Waals surface area contributed by atoms with Crippen molar-refractivity contribution in [3.8, 4) is 0 Å². The lowest BCUT2D eigenvalue weighted by Crippen LogP contribution is -2.42. The molecule has 1 aromatic rings. The van der Waals surface area contributed by atoms with Crippen molar-refractivity contribution >= 4 is 29.0 Å². The van der Waals surface area contributed by atoms with Gasteiger partial charge < -0.3 is 16.4 Å². The van der Waals surface area contributed by atoms with Crippen LogP contribution in [0.15, 0.2) is 18.5 Å². The predicted molar refractivity (Wildman–Crippen MR) is 70.6 cm³/mol. The summed E-state index contributed by atoms with van der Waals surface area (Å²) in [6.07, 6.45) is 3.32. The van der Waals surface area contributed by atoms with E-state index in [1.54, 1.807) is 18.5 Å². The smallest absolute Gasteiger partial charge is 0.309 e. The summed E-state index contributed by atoms with van der Waals surface area (Å²) in [6.45, 7) is 2.16. The molecule has 0 bridgehead atoms. The molecule has 18 heavy (non-hydrogen) atoms. The summed E-state index contributed by atoms with van der Waals surface area (Å²) in [5.41, 5.74) is 7.05. The standard InChI is InChI=1S/C11H14N4O2S/c1-7-4-13-3-2-8(7)5-14-10(16)11(17)15-6-9(12)18/h2-4H,5-6H2,1H3,(H2,12,18)(H,14,16)(H,15,17). The number of rotatable bonds is 4. The van der Waals surface area contributed by atoms with E-state index in [4.69, 9.17) is 5.73 Å². The first-order chi connectivity index (χ1) is 8.50. The van der Waals surface area contributed by atoms with E-state index in [1.165, 1.54) is 0 Å². The second-order valence-electron chi connectivity index (χ2n) is 3.63. The van der Waals surface area contributed by atoms with Gasteiger partial charge in [-0.3, -0.25) is 14.6 Å². The van der Waals surface area contributed by atoms with Crippen molar-refractivity contribution in [1.29, 1.82) is 0 Å². The average molecular weight is 266 g/mol. The summed E-state index contributed by atoms with van der Waals surface area (Å²) < 4.78 is 0. The van der Waals surface area contributed by atoms with Crippen LogP contribution in [-0.4, -0.2) is 28.3 Å². The average Bonchev–Trinajstić information content (AvgIpc) is 2.34. The second-order valence-corrected chi connectivity index (χ2v) is 4.16. The van der Waals surface area contributed by atoms with Crippen LogP contribution in [0.5, 0.6) is 0 Å². The molecule has 0 fully saturated rings. The van der Waals surface area contributed by atoms with Crippen LogP contribution in [-0.2, 0) is 16.1 Å². The number of hydrogen-bond donors (Lipinski definition) is 3. The molecule has 0 spiro atoms. The van der Waals surface area contributed by atoms with E-state index in [-0.39, 0.29) is 18.1 Å². The Bertz CT molecular complexity index is 476. The fourth-order valence-electron chi connectivity index (χ4n) is 1.20. The summed E-state index contributed by atoms with van der Waals surface area (Å²) in [4.78, 5) is 26.8. The predicted octanol–water partition coefficient (Wildman–Crippen LogP) is -0.591. The van der Waals surface area contributed by atoms with Gasteiger partial charge in [-0.2, -0.15) is 0 Å². The Balaban J connectivity index is 2.44. The number of amides is 2. The van der Waals surface area contributed by atoms with E-state index >= 15 is 0 Å². The van der Waals surface area contributed by atoms with E-state index in [9.17, 15) is 9.59 Å². The van der Waals surface area contributed by atoms with Crippen molar-refractivity contribution in [2.24, 2.45) is 5.73 Å². The first-order valence-corrected chi connectivity index (χ1v) is 5.65. The third-order valence-corrected chi connectivity index (χ3v) is 2.35. The molecule has 0 atom stereocenters. The highest BCUT2D eigenvalue weighted by molar-refractivity contribution is 7.80. The zero-order valence-electron chi connectivity index (χ0n) is 9.90. The third-order valence-electron chi connectivity index (χ3n) is 2.21. The minimum absolute atomic E-state index is 0.00979. The maximum absolute atomic E-state index is 11.4. The number of aryl methyl sites for hydroxylation is 1. The molecule has 0 radical (unpaired) electrons. The van der Waals surface area contributed by atoms with Gasteiger partial charge in [-0.1, -0.05) is 12.2 Å². The van der Waals surface area contributed by atoms with Crippen molar-refractivity contribution in [2.45, 2.75) is 13.5 Å². The van der Waals surface area contributed by atoms with E-state index < -0.39 is 11.8 Å². The largest absolute Gasteiger partial charge is 0.392 e. The molecular formula is C11H14N4O2S. The summed E-state index contributed by atoms with van der Waals surface area (Å²) >= 11 is 4.58. The quantitative estimate of drug-likeness (QED) is 0.500. The first kappa shape index (κ1) is 14.0. The third kappa shape index (κ3) is 4.46.